The summed E-state index contributed by atoms with van der Waals surface area (Å²) in [6.07, 6.45) is 0.257. The fourth-order valence-corrected chi connectivity index (χ4v) is 2.78. The van der Waals surface area contributed by atoms with E-state index in [1.54, 1.807) is 11.0 Å². The lowest BCUT2D eigenvalue weighted by atomic mass is 10.2. The Morgan fingerprint density at radius 2 is 2.11 bits per heavy atom. The van der Waals surface area contributed by atoms with Gasteiger partial charge < -0.3 is 10.0 Å². The summed E-state index contributed by atoms with van der Waals surface area (Å²) in [5, 5.41) is 8.72. The molecule has 0 saturated carbocycles. The van der Waals surface area contributed by atoms with Crippen LogP contribution in [-0.4, -0.2) is 35.0 Å². The predicted octanol–water partition coefficient (Wildman–Crippen LogP) is 2.90. The van der Waals surface area contributed by atoms with E-state index < -0.39 is 5.97 Å². The van der Waals surface area contributed by atoms with Crippen molar-refractivity contribution in [2.75, 3.05) is 13.1 Å². The van der Waals surface area contributed by atoms with Gasteiger partial charge in [0.15, 0.2) is 0 Å². The molecule has 1 aromatic heterocycles. The second-order valence-electron chi connectivity index (χ2n) is 4.76. The Bertz CT molecular complexity index is 445. The van der Waals surface area contributed by atoms with Crippen LogP contribution in [0, 0.1) is 5.92 Å². The molecule has 0 fully saturated rings. The molecule has 1 rings (SSSR count). The molecular formula is C13H18ClNO3S. The van der Waals surface area contributed by atoms with Crippen molar-refractivity contribution in [1.29, 1.82) is 0 Å². The molecule has 0 bridgehead atoms. The summed E-state index contributed by atoms with van der Waals surface area (Å²) >= 11 is 7.20. The van der Waals surface area contributed by atoms with Crippen LogP contribution in [0.4, 0.5) is 0 Å². The van der Waals surface area contributed by atoms with Crippen LogP contribution in [0.5, 0.6) is 0 Å². The number of thiophene rings is 1. The molecule has 19 heavy (non-hydrogen) atoms. The zero-order valence-electron chi connectivity index (χ0n) is 11.1. The molecule has 1 N–H and O–H groups in total. The molecule has 0 radical (unpaired) electrons. The Balaban J connectivity index is 2.62. The Hall–Kier alpha value is -1.07. The first-order valence-electron chi connectivity index (χ1n) is 6.12. The first kappa shape index (κ1) is 16.0. The van der Waals surface area contributed by atoms with E-state index in [2.05, 4.69) is 0 Å². The number of amides is 1. The quantitative estimate of drug-likeness (QED) is 0.842. The Morgan fingerprint density at radius 3 is 2.58 bits per heavy atom. The van der Waals surface area contributed by atoms with Gasteiger partial charge >= 0.3 is 5.97 Å². The molecular weight excluding hydrogens is 286 g/mol. The summed E-state index contributed by atoms with van der Waals surface area (Å²) in [7, 11) is 0. The monoisotopic (exact) mass is 303 g/mol. The standard InChI is InChI=1S/C13H18ClNO3S/c1-9(2)8-15(6-5-13(17)18)12(16)7-10-3-4-11(14)19-10/h3-4,9H,5-8H2,1-2H3,(H,17,18). The summed E-state index contributed by atoms with van der Waals surface area (Å²) in [6, 6.07) is 3.59. The molecule has 6 heteroatoms. The number of carboxylic acids is 1. The van der Waals surface area contributed by atoms with Crippen molar-refractivity contribution in [3.63, 3.8) is 0 Å². The fourth-order valence-electron chi connectivity index (χ4n) is 1.70. The van der Waals surface area contributed by atoms with Gasteiger partial charge in [-0.1, -0.05) is 25.4 Å². The summed E-state index contributed by atoms with van der Waals surface area (Å²) in [6.45, 7) is 4.84. The molecule has 0 aliphatic carbocycles. The highest BCUT2D eigenvalue weighted by Crippen LogP contribution is 2.22. The Kier molecular flexibility index (Phi) is 6.31. The third-order valence-electron chi connectivity index (χ3n) is 2.49. The number of rotatable bonds is 7. The molecule has 0 spiro atoms. The van der Waals surface area contributed by atoms with Gasteiger partial charge in [0.2, 0.25) is 5.91 Å². The lowest BCUT2D eigenvalue weighted by molar-refractivity contribution is -0.138. The lowest BCUT2D eigenvalue weighted by Gasteiger charge is -2.23. The minimum Gasteiger partial charge on any atom is -0.481 e. The third-order valence-corrected chi connectivity index (χ3v) is 3.72. The van der Waals surface area contributed by atoms with Crippen molar-refractivity contribution in [2.45, 2.75) is 26.7 Å². The zero-order chi connectivity index (χ0) is 14.4. The van der Waals surface area contributed by atoms with Gasteiger partial charge in [0.05, 0.1) is 17.2 Å². The highest BCUT2D eigenvalue weighted by Gasteiger charge is 2.17. The van der Waals surface area contributed by atoms with E-state index in [9.17, 15) is 9.59 Å². The fraction of sp³-hybridized carbons (Fsp3) is 0.538. The van der Waals surface area contributed by atoms with Crippen LogP contribution in [0.25, 0.3) is 0 Å². The van der Waals surface area contributed by atoms with E-state index in [1.807, 2.05) is 19.9 Å². The maximum absolute atomic E-state index is 12.2. The summed E-state index contributed by atoms with van der Waals surface area (Å²) in [4.78, 5) is 25.3. The number of carboxylic acid groups (broad SMARTS) is 1. The first-order valence-corrected chi connectivity index (χ1v) is 7.31. The number of nitrogens with zero attached hydrogens (tertiary/aromatic N) is 1. The lowest BCUT2D eigenvalue weighted by Crippen LogP contribution is -2.36. The van der Waals surface area contributed by atoms with Gasteiger partial charge in [-0.05, 0) is 18.1 Å². The smallest absolute Gasteiger partial charge is 0.305 e. The molecule has 4 nitrogen and oxygen atoms in total. The van der Waals surface area contributed by atoms with Gasteiger partial charge in [-0.25, -0.2) is 0 Å². The minimum atomic E-state index is -0.888. The van der Waals surface area contributed by atoms with Crippen LogP contribution in [0.15, 0.2) is 12.1 Å². The van der Waals surface area contributed by atoms with Crippen LogP contribution < -0.4 is 0 Å². The second-order valence-corrected chi connectivity index (χ2v) is 6.56. The van der Waals surface area contributed by atoms with Crippen LogP contribution in [0.3, 0.4) is 0 Å². The molecule has 106 valence electrons. The van der Waals surface area contributed by atoms with Gasteiger partial charge in [-0.2, -0.15) is 0 Å². The normalized spacial score (nSPS) is 10.7. The number of carbonyl (C=O) groups is 2. The number of aliphatic carboxylic acids is 1. The van der Waals surface area contributed by atoms with Crippen molar-refractivity contribution >= 4 is 34.8 Å². The zero-order valence-corrected chi connectivity index (χ0v) is 12.6. The van der Waals surface area contributed by atoms with Gasteiger partial charge in [-0.15, -0.1) is 11.3 Å². The van der Waals surface area contributed by atoms with Gasteiger partial charge in [0.1, 0.15) is 0 Å². The van der Waals surface area contributed by atoms with Crippen molar-refractivity contribution in [3.05, 3.63) is 21.3 Å². The molecule has 1 aromatic rings. The summed E-state index contributed by atoms with van der Waals surface area (Å²) in [5.74, 6) is -0.626. The number of hydrogen-bond donors (Lipinski definition) is 1. The first-order chi connectivity index (χ1) is 8.88. The van der Waals surface area contributed by atoms with E-state index >= 15 is 0 Å². The van der Waals surface area contributed by atoms with Crippen LogP contribution in [0.2, 0.25) is 4.34 Å². The van der Waals surface area contributed by atoms with E-state index in [4.69, 9.17) is 16.7 Å². The second kappa shape index (κ2) is 7.50. The average Bonchev–Trinajstić information content (AvgIpc) is 2.69. The van der Waals surface area contributed by atoms with Crippen molar-refractivity contribution in [3.8, 4) is 0 Å². The molecule has 1 amide bonds. The van der Waals surface area contributed by atoms with E-state index in [-0.39, 0.29) is 25.3 Å². The molecule has 0 aliphatic heterocycles. The highest BCUT2D eigenvalue weighted by molar-refractivity contribution is 7.16. The molecule has 0 unspecified atom stereocenters. The van der Waals surface area contributed by atoms with Gasteiger partial charge in [-0.3, -0.25) is 9.59 Å². The van der Waals surface area contributed by atoms with Gasteiger partial charge in [0, 0.05) is 18.0 Å². The number of halogens is 1. The van der Waals surface area contributed by atoms with Crippen LogP contribution >= 0.6 is 22.9 Å². The van der Waals surface area contributed by atoms with Gasteiger partial charge in [0.25, 0.3) is 0 Å². The summed E-state index contributed by atoms with van der Waals surface area (Å²) in [5.41, 5.74) is 0. The molecule has 0 aliphatic rings. The Labute approximate surface area is 122 Å². The number of carbonyl (C=O) groups excluding carboxylic acids is 1. The van der Waals surface area contributed by atoms with E-state index in [1.165, 1.54) is 11.3 Å². The SMILES string of the molecule is CC(C)CN(CCC(=O)O)C(=O)Cc1ccc(Cl)s1. The third kappa shape index (κ3) is 6.07. The summed E-state index contributed by atoms with van der Waals surface area (Å²) < 4.78 is 0.656. The van der Waals surface area contributed by atoms with Crippen molar-refractivity contribution in [1.82, 2.24) is 4.90 Å². The highest BCUT2D eigenvalue weighted by atomic mass is 35.5. The van der Waals surface area contributed by atoms with E-state index in [0.717, 1.165) is 4.88 Å². The van der Waals surface area contributed by atoms with Crippen LogP contribution in [-0.2, 0) is 16.0 Å². The van der Waals surface area contributed by atoms with Crippen molar-refractivity contribution in [2.24, 2.45) is 5.92 Å². The Morgan fingerprint density at radius 1 is 1.42 bits per heavy atom. The predicted molar refractivity (Wildman–Crippen MR) is 76.7 cm³/mol. The average molecular weight is 304 g/mol. The maximum atomic E-state index is 12.2. The minimum absolute atomic E-state index is 0.0242. The molecule has 0 atom stereocenters. The topological polar surface area (TPSA) is 57.6 Å². The van der Waals surface area contributed by atoms with Crippen molar-refractivity contribution < 1.29 is 14.7 Å². The van der Waals surface area contributed by atoms with Crippen LogP contribution in [0.1, 0.15) is 25.1 Å². The maximum Gasteiger partial charge on any atom is 0.305 e. The molecule has 0 saturated heterocycles. The largest absolute Gasteiger partial charge is 0.481 e. The number of hydrogen-bond acceptors (Lipinski definition) is 3. The molecule has 0 aromatic carbocycles. The van der Waals surface area contributed by atoms with E-state index in [0.29, 0.717) is 16.8 Å². The molecule has 1 heterocycles.